The van der Waals surface area contributed by atoms with Crippen LogP contribution in [0.2, 0.25) is 0 Å². The molecule has 1 aliphatic rings. The van der Waals surface area contributed by atoms with E-state index >= 15 is 0 Å². The molecule has 24 heavy (non-hydrogen) atoms. The van der Waals surface area contributed by atoms with E-state index in [2.05, 4.69) is 44.2 Å². The second kappa shape index (κ2) is 9.03. The van der Waals surface area contributed by atoms with Crippen LogP contribution < -0.4 is 10.0 Å². The zero-order valence-electron chi connectivity index (χ0n) is 14.5. The highest BCUT2D eigenvalue weighted by Gasteiger charge is 2.24. The zero-order valence-corrected chi connectivity index (χ0v) is 15.3. The summed E-state index contributed by atoms with van der Waals surface area (Å²) >= 11 is 0. The first-order chi connectivity index (χ1) is 11.5. The quantitative estimate of drug-likeness (QED) is 0.437. The van der Waals surface area contributed by atoms with Crippen LogP contribution in [-0.2, 0) is 16.4 Å². The van der Waals surface area contributed by atoms with Gasteiger partial charge in [-0.25, -0.2) is 13.1 Å². The summed E-state index contributed by atoms with van der Waals surface area (Å²) in [5, 5.41) is 3.24. The molecule has 0 saturated carbocycles. The van der Waals surface area contributed by atoms with Crippen LogP contribution in [-0.4, -0.2) is 58.3 Å². The Kier molecular flexibility index (Phi) is 7.05. The number of nitrogens with one attached hydrogen (secondary N) is 2. The van der Waals surface area contributed by atoms with Gasteiger partial charge in [0.05, 0.1) is 5.75 Å². The lowest BCUT2D eigenvalue weighted by molar-refractivity contribution is 0.460. The lowest BCUT2D eigenvalue weighted by Gasteiger charge is -2.22. The van der Waals surface area contributed by atoms with Crippen LogP contribution in [0.3, 0.4) is 0 Å². The fourth-order valence-electron chi connectivity index (χ4n) is 2.95. The summed E-state index contributed by atoms with van der Waals surface area (Å²) in [6.45, 7) is 4.50. The molecule has 1 aliphatic heterocycles. The maximum atomic E-state index is 11.4. The van der Waals surface area contributed by atoms with Crippen molar-refractivity contribution in [3.8, 4) is 0 Å². The van der Waals surface area contributed by atoms with Crippen molar-refractivity contribution in [3.63, 3.8) is 0 Å². The molecule has 1 unspecified atom stereocenters. The molecule has 0 bridgehead atoms. The van der Waals surface area contributed by atoms with E-state index in [1.165, 1.54) is 5.56 Å². The normalized spacial score (nSPS) is 18.8. The Balaban J connectivity index is 1.76. The third kappa shape index (κ3) is 5.79. The molecule has 2 rings (SSSR count). The van der Waals surface area contributed by atoms with Crippen molar-refractivity contribution in [3.05, 3.63) is 35.9 Å². The van der Waals surface area contributed by atoms with E-state index in [-0.39, 0.29) is 5.75 Å². The minimum atomic E-state index is -3.13. The van der Waals surface area contributed by atoms with Gasteiger partial charge in [0.1, 0.15) is 0 Å². The standard InChI is InChI=1S/C17H28N4O2S/c1-3-24(22,23)20-11-10-19-17(18-2)21-12-9-16(14-21)13-15-7-5-4-6-8-15/h4-8,16,20H,3,9-14H2,1-2H3,(H,18,19). The molecule has 2 N–H and O–H groups in total. The van der Waals surface area contributed by atoms with Crippen molar-refractivity contribution in [2.75, 3.05) is 39.0 Å². The Bertz CT molecular complexity index is 631. The SMILES string of the molecule is CCS(=O)(=O)NCCNC(=NC)N1CCC(Cc2ccccc2)C1. The highest BCUT2D eigenvalue weighted by Crippen LogP contribution is 2.20. The molecule has 0 spiro atoms. The maximum absolute atomic E-state index is 11.4. The minimum Gasteiger partial charge on any atom is -0.355 e. The summed E-state index contributed by atoms with van der Waals surface area (Å²) in [5.74, 6) is 1.58. The average Bonchev–Trinajstić information content (AvgIpc) is 3.04. The smallest absolute Gasteiger partial charge is 0.211 e. The van der Waals surface area contributed by atoms with Gasteiger partial charge in [0.2, 0.25) is 10.0 Å². The molecule has 6 nitrogen and oxygen atoms in total. The molecule has 0 aliphatic carbocycles. The van der Waals surface area contributed by atoms with Crippen LogP contribution in [0.15, 0.2) is 35.3 Å². The van der Waals surface area contributed by atoms with Crippen LogP contribution in [0.1, 0.15) is 18.9 Å². The van der Waals surface area contributed by atoms with Gasteiger partial charge in [0.15, 0.2) is 5.96 Å². The van der Waals surface area contributed by atoms with Gasteiger partial charge in [0, 0.05) is 33.2 Å². The van der Waals surface area contributed by atoms with E-state index in [0.29, 0.717) is 19.0 Å². The lowest BCUT2D eigenvalue weighted by atomic mass is 9.99. The molecule has 0 radical (unpaired) electrons. The number of benzene rings is 1. The average molecular weight is 353 g/mol. The fraction of sp³-hybridized carbons (Fsp3) is 0.588. The molecule has 134 valence electrons. The first-order valence-electron chi connectivity index (χ1n) is 8.51. The summed E-state index contributed by atoms with van der Waals surface area (Å²) in [6, 6.07) is 10.6. The summed E-state index contributed by atoms with van der Waals surface area (Å²) in [5.41, 5.74) is 1.38. The van der Waals surface area contributed by atoms with Gasteiger partial charge < -0.3 is 10.2 Å². The van der Waals surface area contributed by atoms with Crippen LogP contribution in [0.25, 0.3) is 0 Å². The topological polar surface area (TPSA) is 73.8 Å². The van der Waals surface area contributed by atoms with Crippen LogP contribution >= 0.6 is 0 Å². The molecule has 1 heterocycles. The zero-order chi connectivity index (χ0) is 17.4. The molecule has 1 atom stereocenters. The van der Waals surface area contributed by atoms with Gasteiger partial charge in [-0.3, -0.25) is 4.99 Å². The van der Waals surface area contributed by atoms with Crippen LogP contribution in [0.4, 0.5) is 0 Å². The van der Waals surface area contributed by atoms with Gasteiger partial charge in [-0.1, -0.05) is 30.3 Å². The Hall–Kier alpha value is -1.60. The second-order valence-corrected chi connectivity index (χ2v) is 8.16. The molecule has 1 aromatic carbocycles. The number of hydrogen-bond donors (Lipinski definition) is 2. The van der Waals surface area contributed by atoms with Crippen LogP contribution in [0, 0.1) is 5.92 Å². The summed E-state index contributed by atoms with van der Waals surface area (Å²) in [7, 11) is -1.36. The largest absolute Gasteiger partial charge is 0.355 e. The van der Waals surface area contributed by atoms with E-state index in [0.717, 1.165) is 31.9 Å². The predicted molar refractivity (Wildman–Crippen MR) is 98.7 cm³/mol. The molecule has 7 heteroatoms. The number of aliphatic imine (C=N–C) groups is 1. The lowest BCUT2D eigenvalue weighted by Crippen LogP contribution is -2.43. The van der Waals surface area contributed by atoms with Crippen molar-refractivity contribution >= 4 is 16.0 Å². The fourth-order valence-corrected chi connectivity index (χ4v) is 3.57. The minimum absolute atomic E-state index is 0.106. The van der Waals surface area contributed by atoms with Gasteiger partial charge in [-0.05, 0) is 31.2 Å². The van der Waals surface area contributed by atoms with Gasteiger partial charge >= 0.3 is 0 Å². The first-order valence-corrected chi connectivity index (χ1v) is 10.2. The molecular formula is C17H28N4O2S. The number of rotatable bonds is 7. The molecule has 1 fully saturated rings. The van der Waals surface area contributed by atoms with E-state index in [9.17, 15) is 8.42 Å². The van der Waals surface area contributed by atoms with Crippen molar-refractivity contribution in [1.29, 1.82) is 0 Å². The number of sulfonamides is 1. The van der Waals surface area contributed by atoms with Crippen molar-refractivity contribution in [2.24, 2.45) is 10.9 Å². The molecule has 0 amide bonds. The number of likely N-dealkylation sites (tertiary alicyclic amines) is 1. The number of hydrogen-bond acceptors (Lipinski definition) is 3. The molecule has 0 aromatic heterocycles. The number of nitrogens with zero attached hydrogens (tertiary/aromatic N) is 2. The van der Waals surface area contributed by atoms with Crippen molar-refractivity contribution in [1.82, 2.24) is 14.9 Å². The summed E-state index contributed by atoms with van der Waals surface area (Å²) < 4.78 is 25.4. The number of guanidine groups is 1. The third-order valence-corrected chi connectivity index (χ3v) is 5.68. The second-order valence-electron chi connectivity index (χ2n) is 6.06. The predicted octanol–water partition coefficient (Wildman–Crippen LogP) is 1.07. The maximum Gasteiger partial charge on any atom is 0.211 e. The highest BCUT2D eigenvalue weighted by molar-refractivity contribution is 7.89. The summed E-state index contributed by atoms with van der Waals surface area (Å²) in [6.07, 6.45) is 2.24. The van der Waals surface area contributed by atoms with E-state index in [1.54, 1.807) is 14.0 Å². The highest BCUT2D eigenvalue weighted by atomic mass is 32.2. The molecular weight excluding hydrogens is 324 g/mol. The first kappa shape index (κ1) is 18.7. The van der Waals surface area contributed by atoms with Gasteiger partial charge in [-0.2, -0.15) is 0 Å². The Morgan fingerprint density at radius 2 is 2.04 bits per heavy atom. The third-order valence-electron chi connectivity index (χ3n) is 4.27. The van der Waals surface area contributed by atoms with E-state index in [4.69, 9.17) is 0 Å². The molecule has 1 saturated heterocycles. The Morgan fingerprint density at radius 3 is 2.71 bits per heavy atom. The Morgan fingerprint density at radius 1 is 1.29 bits per heavy atom. The monoisotopic (exact) mass is 352 g/mol. The van der Waals surface area contributed by atoms with Gasteiger partial charge in [-0.15, -0.1) is 0 Å². The van der Waals surface area contributed by atoms with Crippen LogP contribution in [0.5, 0.6) is 0 Å². The van der Waals surface area contributed by atoms with Gasteiger partial charge in [0.25, 0.3) is 0 Å². The molecule has 1 aromatic rings. The van der Waals surface area contributed by atoms with E-state index < -0.39 is 10.0 Å². The summed E-state index contributed by atoms with van der Waals surface area (Å²) in [4.78, 5) is 6.57. The Labute approximate surface area is 145 Å². The van der Waals surface area contributed by atoms with E-state index in [1.807, 2.05) is 6.07 Å². The van der Waals surface area contributed by atoms with Crippen molar-refractivity contribution in [2.45, 2.75) is 19.8 Å². The van der Waals surface area contributed by atoms with Crippen molar-refractivity contribution < 1.29 is 8.42 Å².